The summed E-state index contributed by atoms with van der Waals surface area (Å²) in [5.74, 6) is 0. The second-order valence-corrected chi connectivity index (χ2v) is 6.52. The lowest BCUT2D eigenvalue weighted by atomic mass is 9.97. The van der Waals surface area contributed by atoms with Crippen molar-refractivity contribution in [2.75, 3.05) is 26.4 Å². The zero-order valence-electron chi connectivity index (χ0n) is 14.6. The summed E-state index contributed by atoms with van der Waals surface area (Å²) in [4.78, 5) is 0. The zero-order valence-corrected chi connectivity index (χ0v) is 14.6. The second kappa shape index (κ2) is 10.3. The number of aliphatic hydroxyl groups is 7. The van der Waals surface area contributed by atoms with Crippen molar-refractivity contribution < 1.29 is 54.7 Å². The van der Waals surface area contributed by atoms with Crippen LogP contribution in [0.1, 0.15) is 6.42 Å². The van der Waals surface area contributed by atoms with Crippen LogP contribution in [0.3, 0.4) is 0 Å². The van der Waals surface area contributed by atoms with E-state index in [1.165, 1.54) is 0 Å². The summed E-state index contributed by atoms with van der Waals surface area (Å²) >= 11 is 0. The number of aliphatic hydroxyl groups excluding tert-OH is 7. The average Bonchev–Trinajstić information content (AvgIpc) is 2.67. The molecule has 0 aromatic heterocycles. The summed E-state index contributed by atoms with van der Waals surface area (Å²) in [6.45, 7) is -0.737. The Labute approximate surface area is 155 Å². The van der Waals surface area contributed by atoms with Crippen LogP contribution in [0.2, 0.25) is 0 Å². The van der Waals surface area contributed by atoms with E-state index in [-0.39, 0.29) is 6.61 Å². The molecule has 0 radical (unpaired) electrons. The monoisotopic (exact) mass is 399 g/mol. The van der Waals surface area contributed by atoms with Crippen LogP contribution in [0.25, 0.3) is 0 Å². The largest absolute Gasteiger partial charge is 0.394 e. The molecule has 0 aliphatic carbocycles. The van der Waals surface area contributed by atoms with Crippen LogP contribution < -0.4 is 5.73 Å². The Morgan fingerprint density at radius 2 is 1.33 bits per heavy atom. The van der Waals surface area contributed by atoms with E-state index in [0.29, 0.717) is 13.0 Å². The van der Waals surface area contributed by atoms with Gasteiger partial charge in [-0.1, -0.05) is 0 Å². The molecule has 12 nitrogen and oxygen atoms in total. The quantitative estimate of drug-likeness (QED) is 0.181. The number of hydrogen-bond donors (Lipinski definition) is 8. The molecule has 2 aliphatic rings. The molecule has 27 heavy (non-hydrogen) atoms. The lowest BCUT2D eigenvalue weighted by Gasteiger charge is -2.45. The fraction of sp³-hybridized carbons (Fsp3) is 1.00. The van der Waals surface area contributed by atoms with Crippen LogP contribution in [0.15, 0.2) is 0 Å². The minimum absolute atomic E-state index is 0.168. The number of hydrogen-bond acceptors (Lipinski definition) is 12. The van der Waals surface area contributed by atoms with Gasteiger partial charge >= 0.3 is 0 Å². The molecular weight excluding hydrogens is 370 g/mol. The van der Waals surface area contributed by atoms with E-state index in [2.05, 4.69) is 0 Å². The molecular formula is C15H29NO11. The van der Waals surface area contributed by atoms with Gasteiger partial charge in [-0.15, -0.1) is 0 Å². The lowest BCUT2D eigenvalue weighted by Crippen LogP contribution is -2.64. The molecule has 9 N–H and O–H groups in total. The molecule has 160 valence electrons. The highest BCUT2D eigenvalue weighted by Gasteiger charge is 2.50. The number of nitrogens with two attached hydrogens (primary N) is 1. The van der Waals surface area contributed by atoms with E-state index < -0.39 is 74.6 Å². The SMILES string of the molecule is NCCCO[C@@H]1O[C@H](CO)[C@H](O[C@H]2O[C@H](CO)[C@H](O)[C@H](O)[C@H]2O)[C@H](O)[C@H]1O. The van der Waals surface area contributed by atoms with Crippen LogP contribution in [0.5, 0.6) is 0 Å². The average molecular weight is 399 g/mol. The van der Waals surface area contributed by atoms with Crippen LogP contribution in [-0.2, 0) is 18.9 Å². The summed E-state index contributed by atoms with van der Waals surface area (Å²) in [6, 6.07) is 0. The predicted molar refractivity (Wildman–Crippen MR) is 86.0 cm³/mol. The Bertz CT molecular complexity index is 440. The van der Waals surface area contributed by atoms with E-state index >= 15 is 0 Å². The Morgan fingerprint density at radius 3 is 1.93 bits per heavy atom. The highest BCUT2D eigenvalue weighted by Crippen LogP contribution is 2.29. The number of ether oxygens (including phenoxy) is 4. The Hall–Kier alpha value is -0.480. The van der Waals surface area contributed by atoms with Crippen LogP contribution in [0.4, 0.5) is 0 Å². The van der Waals surface area contributed by atoms with Crippen molar-refractivity contribution in [3.05, 3.63) is 0 Å². The van der Waals surface area contributed by atoms with E-state index in [1.807, 2.05) is 0 Å². The second-order valence-electron chi connectivity index (χ2n) is 6.52. The van der Waals surface area contributed by atoms with Crippen LogP contribution >= 0.6 is 0 Å². The molecule has 2 rings (SSSR count). The summed E-state index contributed by atoms with van der Waals surface area (Å²) in [7, 11) is 0. The molecule has 0 unspecified atom stereocenters. The molecule has 0 spiro atoms. The fourth-order valence-electron chi connectivity index (χ4n) is 2.98. The highest BCUT2D eigenvalue weighted by molar-refractivity contribution is 4.94. The van der Waals surface area contributed by atoms with Gasteiger partial charge in [-0.2, -0.15) is 0 Å². The molecule has 2 heterocycles. The molecule has 2 saturated heterocycles. The van der Waals surface area contributed by atoms with Gasteiger partial charge in [0.05, 0.1) is 19.8 Å². The standard InChI is InChI=1S/C15H29NO11/c16-2-1-3-24-14-12(23)10(21)13(7(5-18)26-14)27-15-11(22)9(20)8(19)6(4-17)25-15/h6-15,17-23H,1-5,16H2/t6-,7-,8+,9+,10-,11-,12-,13+,14-,15-/m1/s1. The van der Waals surface area contributed by atoms with Crippen LogP contribution in [-0.4, -0.2) is 124 Å². The normalized spacial score (nSPS) is 45.8. The molecule has 2 fully saturated rings. The first-order chi connectivity index (χ1) is 12.8. The maximum Gasteiger partial charge on any atom is 0.187 e. The molecule has 12 heteroatoms. The smallest absolute Gasteiger partial charge is 0.187 e. The fourth-order valence-corrected chi connectivity index (χ4v) is 2.98. The van der Waals surface area contributed by atoms with Gasteiger partial charge in [0.15, 0.2) is 12.6 Å². The summed E-state index contributed by atoms with van der Waals surface area (Å²) < 4.78 is 21.3. The Kier molecular flexibility index (Phi) is 8.73. The predicted octanol–water partition coefficient (Wildman–Crippen LogP) is -5.02. The molecule has 2 aliphatic heterocycles. The van der Waals surface area contributed by atoms with Crippen molar-refractivity contribution in [3.63, 3.8) is 0 Å². The molecule has 0 saturated carbocycles. The van der Waals surface area contributed by atoms with Gasteiger partial charge in [0, 0.05) is 0 Å². The highest BCUT2D eigenvalue weighted by atomic mass is 16.7. The molecule has 0 amide bonds. The number of rotatable bonds is 8. The topological polar surface area (TPSA) is 205 Å². The summed E-state index contributed by atoms with van der Waals surface area (Å²) in [5, 5.41) is 68.9. The maximum atomic E-state index is 10.4. The molecule has 10 atom stereocenters. The molecule has 0 aromatic carbocycles. The summed E-state index contributed by atoms with van der Waals surface area (Å²) in [5.41, 5.74) is 5.36. The van der Waals surface area contributed by atoms with Crippen LogP contribution in [0, 0.1) is 0 Å². The lowest BCUT2D eigenvalue weighted by molar-refractivity contribution is -0.359. The van der Waals surface area contributed by atoms with Crippen molar-refractivity contribution in [1.29, 1.82) is 0 Å². The minimum atomic E-state index is -1.70. The third-order valence-corrected chi connectivity index (χ3v) is 4.59. The maximum absolute atomic E-state index is 10.4. The third-order valence-electron chi connectivity index (χ3n) is 4.59. The van der Waals surface area contributed by atoms with Gasteiger partial charge < -0.3 is 60.4 Å². The van der Waals surface area contributed by atoms with Gasteiger partial charge in [0.1, 0.15) is 48.8 Å². The van der Waals surface area contributed by atoms with Gasteiger partial charge in [-0.25, -0.2) is 0 Å². The Morgan fingerprint density at radius 1 is 0.741 bits per heavy atom. The van der Waals surface area contributed by atoms with Gasteiger partial charge in [-0.3, -0.25) is 0 Å². The van der Waals surface area contributed by atoms with Crippen molar-refractivity contribution in [2.24, 2.45) is 5.73 Å². The first-order valence-electron chi connectivity index (χ1n) is 8.75. The van der Waals surface area contributed by atoms with Crippen molar-refractivity contribution in [3.8, 4) is 0 Å². The first kappa shape index (κ1) is 22.8. The third kappa shape index (κ3) is 5.12. The van der Waals surface area contributed by atoms with Crippen molar-refractivity contribution in [1.82, 2.24) is 0 Å². The van der Waals surface area contributed by atoms with Crippen molar-refractivity contribution in [2.45, 2.75) is 67.8 Å². The zero-order chi connectivity index (χ0) is 20.1. The first-order valence-corrected chi connectivity index (χ1v) is 8.75. The van der Waals surface area contributed by atoms with Gasteiger partial charge in [0.25, 0.3) is 0 Å². The molecule has 0 aromatic rings. The van der Waals surface area contributed by atoms with E-state index in [0.717, 1.165) is 0 Å². The Balaban J connectivity index is 2.06. The van der Waals surface area contributed by atoms with E-state index in [4.69, 9.17) is 24.7 Å². The van der Waals surface area contributed by atoms with Gasteiger partial charge in [-0.05, 0) is 13.0 Å². The van der Waals surface area contributed by atoms with E-state index in [1.54, 1.807) is 0 Å². The molecule has 0 bridgehead atoms. The van der Waals surface area contributed by atoms with E-state index in [9.17, 15) is 35.7 Å². The van der Waals surface area contributed by atoms with Gasteiger partial charge in [0.2, 0.25) is 0 Å². The summed E-state index contributed by atoms with van der Waals surface area (Å²) in [6.07, 6.45) is -14.0. The minimum Gasteiger partial charge on any atom is -0.394 e. The van der Waals surface area contributed by atoms with Crippen molar-refractivity contribution >= 4 is 0 Å².